The zero-order valence-electron chi connectivity index (χ0n) is 33.3. The van der Waals surface area contributed by atoms with Crippen LogP contribution in [0.25, 0.3) is 16.8 Å². The molecule has 1 aromatic heterocycles. The number of benzene rings is 1. The molecule has 0 spiro atoms. The maximum Gasteiger partial charge on any atom is 0.219 e. The predicted molar refractivity (Wildman–Crippen MR) is 214 cm³/mol. The van der Waals surface area contributed by atoms with Crippen LogP contribution in [0.15, 0.2) is 71.0 Å². The Hall–Kier alpha value is -3.77. The van der Waals surface area contributed by atoms with E-state index in [1.165, 1.54) is 7.11 Å². The molecule has 2 atom stereocenters. The molecule has 1 fully saturated rings. The van der Waals surface area contributed by atoms with E-state index in [1.807, 2.05) is 21.9 Å². The Morgan fingerprint density at radius 3 is 2.43 bits per heavy atom. The normalized spacial score (nSPS) is 16.8. The summed E-state index contributed by atoms with van der Waals surface area (Å²) in [6.45, 7) is 16.9. The molecule has 54 heavy (non-hydrogen) atoms. The van der Waals surface area contributed by atoms with Crippen molar-refractivity contribution in [3.05, 3.63) is 83.0 Å². The Bertz CT molecular complexity index is 1830. The Morgan fingerprint density at radius 2 is 1.85 bits per heavy atom. The fourth-order valence-corrected chi connectivity index (χ4v) is 8.89. The van der Waals surface area contributed by atoms with Gasteiger partial charge in [0.2, 0.25) is 5.91 Å². The van der Waals surface area contributed by atoms with E-state index in [4.69, 9.17) is 14.8 Å². The molecule has 0 N–H and O–H groups in total. The number of hydrogen-bond acceptors (Lipinski definition) is 6. The lowest BCUT2D eigenvalue weighted by molar-refractivity contribution is -0.130. The lowest BCUT2D eigenvalue weighted by atomic mass is 9.91. The summed E-state index contributed by atoms with van der Waals surface area (Å²) in [6, 6.07) is 4.84. The van der Waals surface area contributed by atoms with Crippen LogP contribution in [0.1, 0.15) is 116 Å². The van der Waals surface area contributed by atoms with Gasteiger partial charge in [0.1, 0.15) is 24.0 Å². The Balaban J connectivity index is 2.20. The number of nitrogens with zero attached hydrogens (tertiary/aromatic N) is 4. The number of ether oxygens (including phenoxy) is 1. The minimum absolute atomic E-state index is 0.0229. The quantitative estimate of drug-likeness (QED) is 0.111. The van der Waals surface area contributed by atoms with Gasteiger partial charge >= 0.3 is 0 Å². The van der Waals surface area contributed by atoms with E-state index in [0.717, 1.165) is 48.8 Å². The summed E-state index contributed by atoms with van der Waals surface area (Å²) in [7, 11) is -2.89. The predicted octanol–water partition coefficient (Wildman–Crippen LogP) is 9.91. The first kappa shape index (κ1) is 44.6. The first-order chi connectivity index (χ1) is 25.5. The van der Waals surface area contributed by atoms with Gasteiger partial charge in [0, 0.05) is 62.7 Å². The first-order valence-electron chi connectivity index (χ1n) is 18.8. The lowest BCUT2D eigenvalue weighted by Gasteiger charge is -2.31. The van der Waals surface area contributed by atoms with Crippen LogP contribution in [0.2, 0.25) is 0 Å². The van der Waals surface area contributed by atoms with Gasteiger partial charge in [0.15, 0.2) is 9.84 Å². The van der Waals surface area contributed by atoms with E-state index in [9.17, 15) is 22.0 Å². The molecule has 2 unspecified atom stereocenters. The molecule has 12 heteroatoms. The van der Waals surface area contributed by atoms with E-state index in [1.54, 1.807) is 38.1 Å². The van der Waals surface area contributed by atoms with E-state index in [-0.39, 0.29) is 41.6 Å². The number of carbonyl (C=O) groups is 1. The molecular formula is C42H59F3N4O4S. The Labute approximate surface area is 320 Å². The molecule has 3 rings (SSSR count). The second kappa shape index (κ2) is 20.2. The highest BCUT2D eigenvalue weighted by molar-refractivity contribution is 7.95. The number of halogens is 3. The number of piperidine rings is 1. The molecule has 2 heterocycles. The number of likely N-dealkylation sites (tertiary alicyclic amines) is 1. The summed E-state index contributed by atoms with van der Waals surface area (Å²) in [4.78, 5) is 18.3. The number of rotatable bonds is 18. The number of allylic oxidation sites excluding steroid dienone is 7. The number of hydrogen-bond donors (Lipinski definition) is 0. The van der Waals surface area contributed by atoms with Crippen molar-refractivity contribution in [1.29, 1.82) is 0 Å². The first-order valence-corrected chi connectivity index (χ1v) is 20.4. The van der Waals surface area contributed by atoms with Crippen molar-refractivity contribution in [3.63, 3.8) is 0 Å². The van der Waals surface area contributed by atoms with E-state index < -0.39 is 44.2 Å². The Morgan fingerprint density at radius 1 is 1.17 bits per heavy atom. The topological polar surface area (TPSA) is 93.9 Å². The van der Waals surface area contributed by atoms with Crippen molar-refractivity contribution < 1.29 is 31.1 Å². The van der Waals surface area contributed by atoms with E-state index in [2.05, 4.69) is 34.3 Å². The van der Waals surface area contributed by atoms with Crippen molar-refractivity contribution in [2.45, 2.75) is 116 Å². The van der Waals surface area contributed by atoms with Crippen molar-refractivity contribution in [2.24, 2.45) is 4.99 Å². The molecule has 1 aromatic carbocycles. The molecule has 0 radical (unpaired) electrons. The Kier molecular flexibility index (Phi) is 16.7. The molecular weight excluding hydrogens is 714 g/mol. The summed E-state index contributed by atoms with van der Waals surface area (Å²) >= 11 is 0. The van der Waals surface area contributed by atoms with Crippen molar-refractivity contribution in [3.8, 4) is 11.3 Å². The lowest BCUT2D eigenvalue weighted by Crippen LogP contribution is -2.37. The van der Waals surface area contributed by atoms with E-state index in [0.29, 0.717) is 44.5 Å². The molecule has 0 aliphatic carbocycles. The third-order valence-electron chi connectivity index (χ3n) is 9.85. The number of aliphatic imine (C=N–C) groups is 1. The highest BCUT2D eigenvalue weighted by atomic mass is 32.2. The van der Waals surface area contributed by atoms with Crippen LogP contribution < -0.4 is 0 Å². The summed E-state index contributed by atoms with van der Waals surface area (Å²) in [5.74, 6) is -2.60. The minimum atomic E-state index is -4.32. The van der Waals surface area contributed by atoms with Crippen LogP contribution in [0.4, 0.5) is 13.2 Å². The fourth-order valence-electron chi connectivity index (χ4n) is 7.01. The van der Waals surface area contributed by atoms with Gasteiger partial charge in [-0.25, -0.2) is 21.6 Å². The third kappa shape index (κ3) is 11.6. The van der Waals surface area contributed by atoms with Crippen LogP contribution in [0.3, 0.4) is 0 Å². The van der Waals surface area contributed by atoms with Crippen LogP contribution >= 0.6 is 0 Å². The third-order valence-corrected chi connectivity index (χ3v) is 12.3. The van der Waals surface area contributed by atoms with Crippen LogP contribution in [-0.2, 0) is 19.4 Å². The van der Waals surface area contributed by atoms with Crippen molar-refractivity contribution in [2.75, 3.05) is 33.5 Å². The van der Waals surface area contributed by atoms with Gasteiger partial charge in [0.05, 0.1) is 21.7 Å². The van der Waals surface area contributed by atoms with Gasteiger partial charge in [0.25, 0.3) is 0 Å². The highest BCUT2D eigenvalue weighted by Gasteiger charge is 2.36. The average molecular weight is 773 g/mol. The number of sulfone groups is 1. The number of carbonyl (C=O) groups excluding carboxylic acids is 1. The van der Waals surface area contributed by atoms with Crippen molar-refractivity contribution in [1.82, 2.24) is 14.7 Å². The second-order valence-electron chi connectivity index (χ2n) is 15.0. The largest absolute Gasteiger partial charge is 0.385 e. The monoisotopic (exact) mass is 772 g/mol. The summed E-state index contributed by atoms with van der Waals surface area (Å²) in [5, 5.41) is 3.77. The van der Waals surface area contributed by atoms with Gasteiger partial charge in [-0.2, -0.15) is 5.10 Å². The number of alkyl halides is 1. The molecule has 0 bridgehead atoms. The molecule has 8 nitrogen and oxygen atoms in total. The zero-order valence-corrected chi connectivity index (χ0v) is 34.1. The standard InChI is InChI=1S/C42H59F3N4O4S/c1-10-14-32(19-20-33(15-11-2)46-42(6,7)8)37-28-49(34-21-25-48(26-22-34)31(5)50)47-41(37)36-17-12-16-35(40(36)45)29(3)39(23-27-53-9)54(51,52)30(4)38(44)18-13-24-43/h10,12-14,16-18,28-29,34,39H,1,11,15,19-27H2,2-9H3/b18-13?,32-14+,38-30?,46-33?. The SMILES string of the molecule is C=C/C=C(\CCC(CCC)=NC(C)(C)C)c1cn(C2CCN(C(C)=O)CC2)nc1-c1cccc(C(C)C(CCOC)S(=O)(=O)C(C)=C(F)C=CCF)c1F. The van der Waals surface area contributed by atoms with Gasteiger partial charge in [-0.05, 0) is 89.5 Å². The van der Waals surface area contributed by atoms with E-state index >= 15 is 4.39 Å². The molecule has 1 amide bonds. The number of amides is 1. The summed E-state index contributed by atoms with van der Waals surface area (Å²) in [5.41, 5.74) is 3.23. The van der Waals surface area contributed by atoms with Crippen LogP contribution in [0, 0.1) is 5.82 Å². The molecule has 1 aliphatic heterocycles. The highest BCUT2D eigenvalue weighted by Crippen LogP contribution is 2.39. The maximum atomic E-state index is 17.1. The minimum Gasteiger partial charge on any atom is -0.385 e. The number of methoxy groups -OCH3 is 1. The molecule has 1 saturated heterocycles. The maximum absolute atomic E-state index is 17.1. The molecule has 1 aliphatic rings. The van der Waals surface area contributed by atoms with Gasteiger partial charge in [-0.15, -0.1) is 0 Å². The molecule has 298 valence electrons. The van der Waals surface area contributed by atoms with Gasteiger partial charge < -0.3 is 9.64 Å². The average Bonchev–Trinajstić information content (AvgIpc) is 3.56. The van der Waals surface area contributed by atoms with Gasteiger partial charge in [-0.1, -0.05) is 57.2 Å². The fraction of sp³-hybridized carbons (Fsp3) is 0.548. The summed E-state index contributed by atoms with van der Waals surface area (Å²) in [6.07, 6.45) is 11.7. The second-order valence-corrected chi connectivity index (χ2v) is 17.3. The van der Waals surface area contributed by atoms with Gasteiger partial charge in [-0.3, -0.25) is 14.5 Å². The molecule has 0 saturated carbocycles. The summed E-state index contributed by atoms with van der Waals surface area (Å²) < 4.78 is 79.6. The molecule has 2 aromatic rings. The van der Waals surface area contributed by atoms with Crippen LogP contribution in [0.5, 0.6) is 0 Å². The van der Waals surface area contributed by atoms with Crippen molar-refractivity contribution >= 4 is 27.0 Å². The number of aromatic nitrogens is 2. The smallest absolute Gasteiger partial charge is 0.219 e. The zero-order chi connectivity index (χ0) is 40.2. The van der Waals surface area contributed by atoms with Crippen LogP contribution in [-0.4, -0.2) is 79.0 Å².